The molecule has 0 saturated carbocycles. The second-order valence-corrected chi connectivity index (χ2v) is 5.48. The maximum absolute atomic E-state index is 10.6. The van der Waals surface area contributed by atoms with Crippen LogP contribution in [0.15, 0.2) is 18.5 Å². The molecule has 0 aromatic carbocycles. The van der Waals surface area contributed by atoms with E-state index in [-0.39, 0.29) is 5.25 Å². The number of ether oxygens (including phenoxy) is 1. The number of rotatable bonds is 3. The Hall–Kier alpha value is -0.740. The molecule has 0 bridgehead atoms. The summed E-state index contributed by atoms with van der Waals surface area (Å²) in [6, 6.07) is 1.90. The smallest absolute Gasteiger partial charge is 0.137 e. The predicted octanol–water partition coefficient (Wildman–Crippen LogP) is 2.19. The van der Waals surface area contributed by atoms with Crippen LogP contribution in [0.5, 0.6) is 5.75 Å². The molecule has 1 fully saturated rings. The van der Waals surface area contributed by atoms with Crippen molar-refractivity contribution in [3.05, 3.63) is 24.0 Å². The summed E-state index contributed by atoms with van der Waals surface area (Å²) in [4.78, 5) is 4.13. The molecule has 0 spiro atoms. The van der Waals surface area contributed by atoms with Crippen molar-refractivity contribution < 1.29 is 9.84 Å². The van der Waals surface area contributed by atoms with E-state index in [0.717, 1.165) is 23.5 Å². The van der Waals surface area contributed by atoms with Crippen LogP contribution in [-0.4, -0.2) is 27.7 Å². The van der Waals surface area contributed by atoms with Crippen LogP contribution in [0.2, 0.25) is 0 Å². The molecule has 0 radical (unpaired) electrons. The largest absolute Gasteiger partial charge is 0.492 e. The summed E-state index contributed by atoms with van der Waals surface area (Å²) in [6.07, 6.45) is 4.21. The Morgan fingerprint density at radius 3 is 3.06 bits per heavy atom. The zero-order chi connectivity index (χ0) is 11.6. The van der Waals surface area contributed by atoms with Crippen molar-refractivity contribution in [3.63, 3.8) is 0 Å². The molecular weight excluding hydrogens is 222 g/mol. The normalized spacial score (nSPS) is 29.3. The quantitative estimate of drug-likeness (QED) is 0.878. The van der Waals surface area contributed by atoms with Gasteiger partial charge in [0.15, 0.2) is 0 Å². The average molecular weight is 239 g/mol. The minimum Gasteiger partial charge on any atom is -0.492 e. The van der Waals surface area contributed by atoms with Crippen molar-refractivity contribution in [3.8, 4) is 5.75 Å². The summed E-state index contributed by atoms with van der Waals surface area (Å²) < 4.78 is 5.41. The van der Waals surface area contributed by atoms with Gasteiger partial charge in [0.1, 0.15) is 11.4 Å². The Labute approximate surface area is 100 Å². The summed E-state index contributed by atoms with van der Waals surface area (Å²) in [7, 11) is 0. The van der Waals surface area contributed by atoms with Crippen LogP contribution < -0.4 is 4.74 Å². The van der Waals surface area contributed by atoms with Crippen molar-refractivity contribution in [2.45, 2.75) is 31.1 Å². The first-order valence-electron chi connectivity index (χ1n) is 5.59. The highest BCUT2D eigenvalue weighted by Gasteiger charge is 2.40. The van der Waals surface area contributed by atoms with Crippen molar-refractivity contribution in [2.75, 3.05) is 12.4 Å². The minimum absolute atomic E-state index is 0.214. The molecule has 2 atom stereocenters. The van der Waals surface area contributed by atoms with Crippen LogP contribution in [0, 0.1) is 0 Å². The van der Waals surface area contributed by atoms with Gasteiger partial charge in [0, 0.05) is 17.0 Å². The van der Waals surface area contributed by atoms with Crippen LogP contribution in [0.3, 0.4) is 0 Å². The number of nitrogens with zero attached hydrogens (tertiary/aromatic N) is 1. The van der Waals surface area contributed by atoms with E-state index in [2.05, 4.69) is 11.9 Å². The predicted molar refractivity (Wildman–Crippen MR) is 65.8 cm³/mol. The second kappa shape index (κ2) is 4.63. The summed E-state index contributed by atoms with van der Waals surface area (Å²) in [5.41, 5.74) is 0.126. The van der Waals surface area contributed by atoms with E-state index in [4.69, 9.17) is 4.74 Å². The summed E-state index contributed by atoms with van der Waals surface area (Å²) in [6.45, 7) is 4.62. The highest BCUT2D eigenvalue weighted by atomic mass is 32.2. The van der Waals surface area contributed by atoms with Gasteiger partial charge in [-0.25, -0.2) is 0 Å². The standard InChI is InChI=1S/C12H17NO2S/c1-3-15-11-6-10(7-13-8-11)12(14)4-5-16-9(12)2/h6-9,14H,3-5H2,1-2H3. The van der Waals surface area contributed by atoms with Gasteiger partial charge in [0.2, 0.25) is 0 Å². The molecule has 1 aliphatic rings. The zero-order valence-corrected chi connectivity index (χ0v) is 10.5. The van der Waals surface area contributed by atoms with E-state index in [1.165, 1.54) is 0 Å². The molecule has 1 aliphatic heterocycles. The molecule has 1 N–H and O–H groups in total. The van der Waals surface area contributed by atoms with Gasteiger partial charge in [0.05, 0.1) is 12.8 Å². The first-order chi connectivity index (χ1) is 7.66. The number of hydrogen-bond donors (Lipinski definition) is 1. The molecule has 2 unspecified atom stereocenters. The van der Waals surface area contributed by atoms with E-state index in [9.17, 15) is 5.11 Å². The number of thioether (sulfide) groups is 1. The molecule has 2 rings (SSSR count). The second-order valence-electron chi connectivity index (χ2n) is 4.03. The van der Waals surface area contributed by atoms with E-state index in [1.807, 2.05) is 13.0 Å². The Bertz CT molecular complexity index is 372. The van der Waals surface area contributed by atoms with Crippen LogP contribution in [0.4, 0.5) is 0 Å². The first kappa shape index (κ1) is 11.7. The van der Waals surface area contributed by atoms with Crippen LogP contribution in [0.25, 0.3) is 0 Å². The fraction of sp³-hybridized carbons (Fsp3) is 0.583. The lowest BCUT2D eigenvalue weighted by molar-refractivity contribution is 0.0421. The van der Waals surface area contributed by atoms with E-state index in [0.29, 0.717) is 6.61 Å². The van der Waals surface area contributed by atoms with Crippen LogP contribution in [-0.2, 0) is 5.60 Å². The number of aliphatic hydroxyl groups is 1. The lowest BCUT2D eigenvalue weighted by atomic mass is 9.90. The molecule has 88 valence electrons. The zero-order valence-electron chi connectivity index (χ0n) is 9.64. The molecular formula is C12H17NO2S. The minimum atomic E-state index is -0.745. The molecule has 1 aromatic heterocycles. The van der Waals surface area contributed by atoms with Gasteiger partial charge in [0.25, 0.3) is 0 Å². The average Bonchev–Trinajstić information content (AvgIpc) is 2.62. The van der Waals surface area contributed by atoms with Gasteiger partial charge in [-0.1, -0.05) is 6.92 Å². The molecule has 2 heterocycles. The summed E-state index contributed by atoms with van der Waals surface area (Å²) in [5.74, 6) is 1.73. The molecule has 16 heavy (non-hydrogen) atoms. The van der Waals surface area contributed by atoms with Crippen molar-refractivity contribution >= 4 is 11.8 Å². The Balaban J connectivity index is 2.29. The van der Waals surface area contributed by atoms with Gasteiger partial charge in [-0.15, -0.1) is 0 Å². The lowest BCUT2D eigenvalue weighted by Gasteiger charge is -2.27. The Kier molecular flexibility index (Phi) is 3.40. The number of hydrogen-bond acceptors (Lipinski definition) is 4. The van der Waals surface area contributed by atoms with Crippen LogP contribution >= 0.6 is 11.8 Å². The SMILES string of the molecule is CCOc1cncc(C2(O)CCSC2C)c1. The Morgan fingerprint density at radius 1 is 1.62 bits per heavy atom. The van der Waals surface area contributed by atoms with Crippen LogP contribution in [0.1, 0.15) is 25.8 Å². The third-order valence-electron chi connectivity index (χ3n) is 3.05. The molecule has 0 amide bonds. The fourth-order valence-electron chi connectivity index (χ4n) is 2.01. The van der Waals surface area contributed by atoms with Crippen molar-refractivity contribution in [1.29, 1.82) is 0 Å². The van der Waals surface area contributed by atoms with Gasteiger partial charge in [-0.2, -0.15) is 11.8 Å². The van der Waals surface area contributed by atoms with Crippen molar-refractivity contribution in [1.82, 2.24) is 4.98 Å². The summed E-state index contributed by atoms with van der Waals surface area (Å²) >= 11 is 1.80. The third kappa shape index (κ3) is 2.04. The Morgan fingerprint density at radius 2 is 2.44 bits per heavy atom. The lowest BCUT2D eigenvalue weighted by Crippen LogP contribution is -2.31. The fourth-order valence-corrected chi connectivity index (χ4v) is 3.32. The maximum Gasteiger partial charge on any atom is 0.137 e. The maximum atomic E-state index is 10.6. The number of pyridine rings is 1. The summed E-state index contributed by atoms with van der Waals surface area (Å²) in [5, 5.41) is 10.8. The van der Waals surface area contributed by atoms with Gasteiger partial charge < -0.3 is 9.84 Å². The third-order valence-corrected chi connectivity index (χ3v) is 4.38. The van der Waals surface area contributed by atoms with Gasteiger partial charge in [-0.05, 0) is 25.2 Å². The van der Waals surface area contributed by atoms with E-state index >= 15 is 0 Å². The molecule has 1 aromatic rings. The molecule has 4 heteroatoms. The highest BCUT2D eigenvalue weighted by molar-refractivity contribution is 8.00. The van der Waals surface area contributed by atoms with E-state index < -0.39 is 5.60 Å². The van der Waals surface area contributed by atoms with Gasteiger partial charge >= 0.3 is 0 Å². The molecule has 0 aliphatic carbocycles. The topological polar surface area (TPSA) is 42.4 Å². The van der Waals surface area contributed by atoms with Gasteiger partial charge in [-0.3, -0.25) is 4.98 Å². The first-order valence-corrected chi connectivity index (χ1v) is 6.64. The highest BCUT2D eigenvalue weighted by Crippen LogP contribution is 2.43. The monoisotopic (exact) mass is 239 g/mol. The van der Waals surface area contributed by atoms with Crippen molar-refractivity contribution in [2.24, 2.45) is 0 Å². The molecule has 1 saturated heterocycles. The number of aromatic nitrogens is 1. The molecule has 3 nitrogen and oxygen atoms in total. The van der Waals surface area contributed by atoms with E-state index in [1.54, 1.807) is 24.2 Å².